The molecule has 2 aliphatic rings. The van der Waals surface area contributed by atoms with Crippen LogP contribution in [-0.2, 0) is 30.5 Å². The molecule has 1 aromatic heterocycles. The number of carbonyl (C=O) groups is 2. The van der Waals surface area contributed by atoms with Gasteiger partial charge < -0.3 is 19.9 Å². The van der Waals surface area contributed by atoms with Crippen molar-refractivity contribution in [3.05, 3.63) is 46.3 Å². The minimum atomic E-state index is -0.960. The Morgan fingerprint density at radius 3 is 2.81 bits per heavy atom. The fourth-order valence-electron chi connectivity index (χ4n) is 4.98. The summed E-state index contributed by atoms with van der Waals surface area (Å²) in [6.45, 7) is 4.72. The lowest BCUT2D eigenvalue weighted by Gasteiger charge is -2.36. The lowest BCUT2D eigenvalue weighted by molar-refractivity contribution is 0.0152. The maximum absolute atomic E-state index is 12.9. The van der Waals surface area contributed by atoms with Crippen molar-refractivity contribution >= 4 is 11.9 Å². The molecule has 172 valence electrons. The Hall–Kier alpha value is -2.87. The number of carbonyl (C=O) groups excluding carboxylic acids is 1. The summed E-state index contributed by atoms with van der Waals surface area (Å²) in [6.07, 6.45) is 4.56. The van der Waals surface area contributed by atoms with E-state index in [4.69, 9.17) is 14.6 Å². The van der Waals surface area contributed by atoms with Gasteiger partial charge in [-0.3, -0.25) is 9.48 Å². The molecule has 0 atom stereocenters. The molecule has 0 bridgehead atoms. The van der Waals surface area contributed by atoms with E-state index in [1.807, 2.05) is 11.6 Å². The number of aryl methyl sites for hydroxylation is 2. The molecule has 4 rings (SSSR count). The zero-order chi connectivity index (χ0) is 22.7. The van der Waals surface area contributed by atoms with E-state index in [0.717, 1.165) is 36.2 Å². The second kappa shape index (κ2) is 9.32. The van der Waals surface area contributed by atoms with Gasteiger partial charge in [0.05, 0.1) is 29.6 Å². The standard InChI is InChI=1S/C24H31N3O5/c1-3-18-21-19(14-24(15-25-22(21)28)9-12-32-13-10-24)27(26-18)11-5-7-16-17(23(29)30)6-4-8-20(16)31-2/h4,6,8H,3,5,7,9-15H2,1-2H3,(H,25,28)(H,29,30). The number of fused-ring (bicyclic) bond motifs is 1. The lowest BCUT2D eigenvalue weighted by atomic mass is 9.76. The van der Waals surface area contributed by atoms with Crippen molar-refractivity contribution in [1.29, 1.82) is 0 Å². The number of benzene rings is 1. The third-order valence-electron chi connectivity index (χ3n) is 6.79. The molecule has 0 radical (unpaired) electrons. The van der Waals surface area contributed by atoms with Crippen molar-refractivity contribution in [2.75, 3.05) is 26.9 Å². The molecule has 2 aliphatic heterocycles. The highest BCUT2D eigenvalue weighted by Crippen LogP contribution is 2.37. The van der Waals surface area contributed by atoms with Gasteiger partial charge in [-0.2, -0.15) is 5.10 Å². The Bertz CT molecular complexity index is 1010. The molecule has 0 saturated carbocycles. The molecule has 32 heavy (non-hydrogen) atoms. The van der Waals surface area contributed by atoms with Crippen molar-refractivity contribution in [3.8, 4) is 5.75 Å². The molecular weight excluding hydrogens is 410 g/mol. The topological polar surface area (TPSA) is 103 Å². The van der Waals surface area contributed by atoms with E-state index >= 15 is 0 Å². The minimum absolute atomic E-state index is 0.00107. The molecular formula is C24H31N3O5. The van der Waals surface area contributed by atoms with Gasteiger partial charge in [0, 0.05) is 31.9 Å². The van der Waals surface area contributed by atoms with Crippen LogP contribution < -0.4 is 10.1 Å². The number of aromatic carboxylic acids is 1. The van der Waals surface area contributed by atoms with Gasteiger partial charge in [-0.05, 0) is 56.1 Å². The largest absolute Gasteiger partial charge is 0.496 e. The lowest BCUT2D eigenvalue weighted by Crippen LogP contribution is -2.40. The van der Waals surface area contributed by atoms with Crippen LogP contribution >= 0.6 is 0 Å². The van der Waals surface area contributed by atoms with Gasteiger partial charge in [-0.1, -0.05) is 13.0 Å². The maximum Gasteiger partial charge on any atom is 0.336 e. The smallest absolute Gasteiger partial charge is 0.336 e. The average Bonchev–Trinajstić information content (AvgIpc) is 3.08. The predicted molar refractivity (Wildman–Crippen MR) is 118 cm³/mol. The number of methoxy groups -OCH3 is 1. The Labute approximate surface area is 187 Å². The van der Waals surface area contributed by atoms with Gasteiger partial charge >= 0.3 is 5.97 Å². The highest BCUT2D eigenvalue weighted by Gasteiger charge is 2.39. The molecule has 1 saturated heterocycles. The van der Waals surface area contributed by atoms with E-state index in [-0.39, 0.29) is 16.9 Å². The van der Waals surface area contributed by atoms with E-state index in [1.165, 1.54) is 0 Å². The van der Waals surface area contributed by atoms with E-state index in [9.17, 15) is 14.7 Å². The van der Waals surface area contributed by atoms with Crippen molar-refractivity contribution in [1.82, 2.24) is 15.1 Å². The summed E-state index contributed by atoms with van der Waals surface area (Å²) in [6, 6.07) is 5.09. The quantitative estimate of drug-likeness (QED) is 0.685. The second-order valence-corrected chi connectivity index (χ2v) is 8.71. The van der Waals surface area contributed by atoms with E-state index in [0.29, 0.717) is 56.9 Å². The van der Waals surface area contributed by atoms with Gasteiger partial charge in [-0.25, -0.2) is 4.79 Å². The van der Waals surface area contributed by atoms with Crippen LogP contribution in [0, 0.1) is 5.41 Å². The maximum atomic E-state index is 12.9. The Kier molecular flexibility index (Phi) is 6.50. The number of amides is 1. The highest BCUT2D eigenvalue weighted by molar-refractivity contribution is 5.97. The summed E-state index contributed by atoms with van der Waals surface area (Å²) < 4.78 is 13.0. The van der Waals surface area contributed by atoms with E-state index < -0.39 is 5.97 Å². The van der Waals surface area contributed by atoms with Crippen LogP contribution in [0.15, 0.2) is 18.2 Å². The third-order valence-corrected chi connectivity index (χ3v) is 6.79. The van der Waals surface area contributed by atoms with Gasteiger partial charge in [0.15, 0.2) is 0 Å². The zero-order valence-electron chi connectivity index (χ0n) is 18.8. The summed E-state index contributed by atoms with van der Waals surface area (Å²) in [5.41, 5.74) is 3.50. The molecule has 0 unspecified atom stereocenters. The molecule has 8 heteroatoms. The Morgan fingerprint density at radius 2 is 2.12 bits per heavy atom. The van der Waals surface area contributed by atoms with Crippen molar-refractivity contribution in [2.24, 2.45) is 5.41 Å². The molecule has 1 spiro atoms. The van der Waals surface area contributed by atoms with Crippen LogP contribution in [0.5, 0.6) is 5.75 Å². The number of carboxylic acids is 1. The number of aromatic nitrogens is 2. The Morgan fingerprint density at radius 1 is 1.34 bits per heavy atom. The zero-order valence-corrected chi connectivity index (χ0v) is 18.8. The van der Waals surface area contributed by atoms with Crippen LogP contribution in [-0.4, -0.2) is 53.6 Å². The SMILES string of the molecule is CCc1nn(CCCc2c(OC)cccc2C(=O)O)c2c1C(=O)NCC1(CCOCC1)C2. The molecule has 1 aromatic carbocycles. The molecule has 2 aromatic rings. The molecule has 1 amide bonds. The fourth-order valence-corrected chi connectivity index (χ4v) is 4.98. The normalized spacial score (nSPS) is 17.5. The summed E-state index contributed by atoms with van der Waals surface area (Å²) in [7, 11) is 1.55. The monoisotopic (exact) mass is 441 g/mol. The summed E-state index contributed by atoms with van der Waals surface area (Å²) in [4.78, 5) is 24.6. The van der Waals surface area contributed by atoms with Gasteiger partial charge in [-0.15, -0.1) is 0 Å². The molecule has 1 fully saturated rings. The fraction of sp³-hybridized carbons (Fsp3) is 0.542. The molecule has 0 aliphatic carbocycles. The van der Waals surface area contributed by atoms with Gasteiger partial charge in [0.2, 0.25) is 0 Å². The van der Waals surface area contributed by atoms with Crippen LogP contribution in [0.4, 0.5) is 0 Å². The first-order chi connectivity index (χ1) is 15.5. The highest BCUT2D eigenvalue weighted by atomic mass is 16.5. The number of hydrogen-bond donors (Lipinski definition) is 2. The van der Waals surface area contributed by atoms with E-state index in [2.05, 4.69) is 5.32 Å². The van der Waals surface area contributed by atoms with E-state index in [1.54, 1.807) is 25.3 Å². The second-order valence-electron chi connectivity index (χ2n) is 8.71. The van der Waals surface area contributed by atoms with Crippen LogP contribution in [0.25, 0.3) is 0 Å². The van der Waals surface area contributed by atoms with Crippen molar-refractivity contribution in [3.63, 3.8) is 0 Å². The number of nitrogens with one attached hydrogen (secondary N) is 1. The predicted octanol–water partition coefficient (Wildman–Crippen LogP) is 2.87. The Balaban J connectivity index is 1.60. The number of nitrogens with zero attached hydrogens (tertiary/aromatic N) is 2. The third kappa shape index (κ3) is 4.24. The molecule has 2 N–H and O–H groups in total. The summed E-state index contributed by atoms with van der Waals surface area (Å²) in [5, 5.41) is 17.5. The first kappa shape index (κ1) is 22.3. The summed E-state index contributed by atoms with van der Waals surface area (Å²) >= 11 is 0. The average molecular weight is 442 g/mol. The number of hydrogen-bond acceptors (Lipinski definition) is 5. The van der Waals surface area contributed by atoms with Crippen LogP contribution in [0.2, 0.25) is 0 Å². The van der Waals surface area contributed by atoms with Crippen molar-refractivity contribution < 1.29 is 24.2 Å². The van der Waals surface area contributed by atoms with Crippen LogP contribution in [0.3, 0.4) is 0 Å². The van der Waals surface area contributed by atoms with Crippen LogP contribution in [0.1, 0.15) is 63.9 Å². The number of carboxylic acid groups (broad SMARTS) is 1. The summed E-state index contributed by atoms with van der Waals surface area (Å²) in [5.74, 6) is -0.415. The van der Waals surface area contributed by atoms with Crippen molar-refractivity contribution in [2.45, 2.75) is 52.0 Å². The minimum Gasteiger partial charge on any atom is -0.496 e. The molecule has 3 heterocycles. The molecule has 8 nitrogen and oxygen atoms in total. The number of ether oxygens (including phenoxy) is 2. The first-order valence-corrected chi connectivity index (χ1v) is 11.3. The van der Waals surface area contributed by atoms with Gasteiger partial charge in [0.25, 0.3) is 5.91 Å². The van der Waals surface area contributed by atoms with Gasteiger partial charge in [0.1, 0.15) is 5.75 Å². The first-order valence-electron chi connectivity index (χ1n) is 11.3. The number of rotatable bonds is 7.